The molecule has 2 aromatic heterocycles. The summed E-state index contributed by atoms with van der Waals surface area (Å²) >= 11 is 0. The maximum atomic E-state index is 11.7. The first-order valence-corrected chi connectivity index (χ1v) is 7.01. The fraction of sp³-hybridized carbons (Fsp3) is 0.429. The zero-order valence-electron chi connectivity index (χ0n) is 12.5. The van der Waals surface area contributed by atoms with Crippen molar-refractivity contribution in [3.63, 3.8) is 0 Å². The lowest BCUT2D eigenvalue weighted by Gasteiger charge is -2.11. The van der Waals surface area contributed by atoms with E-state index in [1.54, 1.807) is 17.8 Å². The quantitative estimate of drug-likeness (QED) is 0.817. The van der Waals surface area contributed by atoms with E-state index in [1.807, 2.05) is 13.8 Å². The second-order valence-corrected chi connectivity index (χ2v) is 4.30. The number of aromatic nitrogens is 4. The molecule has 2 rings (SSSR count). The van der Waals surface area contributed by atoms with Gasteiger partial charge in [0.25, 0.3) is 0 Å². The number of carbonyl (C=O) groups is 1. The SMILES string of the molecule is CCNc1ncnc(-n2cc(C(=O)OCC)cn2)c1CC. The Hall–Kier alpha value is -2.44. The van der Waals surface area contributed by atoms with Gasteiger partial charge >= 0.3 is 5.97 Å². The molecule has 0 fully saturated rings. The van der Waals surface area contributed by atoms with E-state index in [9.17, 15) is 4.79 Å². The number of hydrogen-bond donors (Lipinski definition) is 1. The summed E-state index contributed by atoms with van der Waals surface area (Å²) in [6.07, 6.45) is 5.34. The summed E-state index contributed by atoms with van der Waals surface area (Å²) in [6, 6.07) is 0. The van der Waals surface area contributed by atoms with Crippen molar-refractivity contribution in [1.82, 2.24) is 19.7 Å². The fourth-order valence-electron chi connectivity index (χ4n) is 2.00. The summed E-state index contributed by atoms with van der Waals surface area (Å²) in [4.78, 5) is 20.2. The standard InChI is InChI=1S/C14H19N5O2/c1-4-11-12(15-5-2)16-9-17-13(11)19-8-10(7-18-19)14(20)21-6-3/h7-9H,4-6H2,1-3H3,(H,15,16,17). The largest absolute Gasteiger partial charge is 0.462 e. The number of rotatable bonds is 6. The first-order valence-electron chi connectivity index (χ1n) is 7.01. The molecule has 0 bridgehead atoms. The van der Waals surface area contributed by atoms with Crippen LogP contribution in [0.3, 0.4) is 0 Å². The first-order chi connectivity index (χ1) is 10.2. The molecule has 0 amide bonds. The van der Waals surface area contributed by atoms with Crippen molar-refractivity contribution < 1.29 is 9.53 Å². The van der Waals surface area contributed by atoms with Gasteiger partial charge in [-0.3, -0.25) is 0 Å². The molecule has 0 aliphatic rings. The van der Waals surface area contributed by atoms with Gasteiger partial charge in [-0.2, -0.15) is 5.10 Å². The van der Waals surface area contributed by atoms with Gasteiger partial charge in [-0.1, -0.05) is 6.92 Å². The average Bonchev–Trinajstić information content (AvgIpc) is 2.97. The van der Waals surface area contributed by atoms with Gasteiger partial charge in [0.1, 0.15) is 12.1 Å². The average molecular weight is 289 g/mol. The van der Waals surface area contributed by atoms with E-state index in [0.717, 1.165) is 24.3 Å². The summed E-state index contributed by atoms with van der Waals surface area (Å²) in [5.41, 5.74) is 1.36. The van der Waals surface area contributed by atoms with Crippen LogP contribution in [0.15, 0.2) is 18.7 Å². The Morgan fingerprint density at radius 1 is 1.33 bits per heavy atom. The Labute approximate surface area is 123 Å². The Morgan fingerprint density at radius 2 is 2.14 bits per heavy atom. The lowest BCUT2D eigenvalue weighted by atomic mass is 10.2. The van der Waals surface area contributed by atoms with E-state index < -0.39 is 0 Å². The van der Waals surface area contributed by atoms with Crippen molar-refractivity contribution in [2.24, 2.45) is 0 Å². The van der Waals surface area contributed by atoms with Crippen LogP contribution in [0.1, 0.15) is 36.7 Å². The Kier molecular flexibility index (Phi) is 4.86. The van der Waals surface area contributed by atoms with Crippen LogP contribution in [0.4, 0.5) is 5.82 Å². The van der Waals surface area contributed by atoms with Gasteiger partial charge in [0.2, 0.25) is 0 Å². The van der Waals surface area contributed by atoms with Crippen LogP contribution in [-0.2, 0) is 11.2 Å². The van der Waals surface area contributed by atoms with Crippen molar-refractivity contribution in [1.29, 1.82) is 0 Å². The van der Waals surface area contributed by atoms with Gasteiger partial charge in [-0.15, -0.1) is 0 Å². The number of carbonyl (C=O) groups excluding carboxylic acids is 1. The van der Waals surface area contributed by atoms with Crippen molar-refractivity contribution in [3.05, 3.63) is 29.8 Å². The molecule has 21 heavy (non-hydrogen) atoms. The molecule has 112 valence electrons. The second kappa shape index (κ2) is 6.83. The number of anilines is 1. The normalized spacial score (nSPS) is 10.4. The minimum absolute atomic E-state index is 0.336. The minimum Gasteiger partial charge on any atom is -0.462 e. The van der Waals surface area contributed by atoms with Crippen molar-refractivity contribution >= 4 is 11.8 Å². The molecule has 1 N–H and O–H groups in total. The van der Waals surface area contributed by atoms with Crippen LogP contribution >= 0.6 is 0 Å². The molecule has 0 unspecified atom stereocenters. The molecule has 0 atom stereocenters. The van der Waals surface area contributed by atoms with Gasteiger partial charge in [0, 0.05) is 18.3 Å². The van der Waals surface area contributed by atoms with E-state index in [2.05, 4.69) is 20.4 Å². The van der Waals surface area contributed by atoms with Crippen molar-refractivity contribution in [2.45, 2.75) is 27.2 Å². The zero-order chi connectivity index (χ0) is 15.2. The van der Waals surface area contributed by atoms with Crippen LogP contribution in [0.25, 0.3) is 5.82 Å². The highest BCUT2D eigenvalue weighted by atomic mass is 16.5. The van der Waals surface area contributed by atoms with Crippen LogP contribution in [0.2, 0.25) is 0 Å². The van der Waals surface area contributed by atoms with E-state index >= 15 is 0 Å². The summed E-state index contributed by atoms with van der Waals surface area (Å²) in [6.45, 7) is 6.91. The van der Waals surface area contributed by atoms with E-state index in [4.69, 9.17) is 4.74 Å². The zero-order valence-corrected chi connectivity index (χ0v) is 12.5. The summed E-state index contributed by atoms with van der Waals surface area (Å²) in [7, 11) is 0. The molecule has 0 aliphatic carbocycles. The van der Waals surface area contributed by atoms with Crippen molar-refractivity contribution in [2.75, 3.05) is 18.5 Å². The molecule has 0 spiro atoms. The third-order valence-corrected chi connectivity index (χ3v) is 2.93. The van der Waals surface area contributed by atoms with Crippen molar-refractivity contribution in [3.8, 4) is 5.82 Å². The number of hydrogen-bond acceptors (Lipinski definition) is 6. The molecular weight excluding hydrogens is 270 g/mol. The summed E-state index contributed by atoms with van der Waals surface area (Å²) in [5.74, 6) is 1.07. The third kappa shape index (κ3) is 3.18. The molecule has 2 heterocycles. The van der Waals surface area contributed by atoms with Gasteiger partial charge in [0.05, 0.1) is 18.4 Å². The first kappa shape index (κ1) is 15.0. The molecule has 0 radical (unpaired) electrons. The van der Waals surface area contributed by atoms with Gasteiger partial charge in [0.15, 0.2) is 5.82 Å². The predicted octanol–water partition coefficient (Wildman–Crippen LogP) is 1.83. The highest BCUT2D eigenvalue weighted by Gasteiger charge is 2.15. The molecule has 7 heteroatoms. The summed E-state index contributed by atoms with van der Waals surface area (Å²) in [5, 5.41) is 7.40. The topological polar surface area (TPSA) is 81.9 Å². The van der Waals surface area contributed by atoms with Crippen LogP contribution in [-0.4, -0.2) is 38.9 Å². The minimum atomic E-state index is -0.386. The Bertz CT molecular complexity index is 624. The number of esters is 1. The fourth-order valence-corrected chi connectivity index (χ4v) is 2.00. The highest BCUT2D eigenvalue weighted by molar-refractivity contribution is 5.88. The van der Waals surface area contributed by atoms with E-state index in [-0.39, 0.29) is 5.97 Å². The van der Waals surface area contributed by atoms with Gasteiger partial charge in [-0.05, 0) is 20.3 Å². The van der Waals surface area contributed by atoms with E-state index in [1.165, 1.54) is 12.5 Å². The van der Waals surface area contributed by atoms with Gasteiger partial charge in [-0.25, -0.2) is 19.4 Å². The number of ether oxygens (including phenoxy) is 1. The maximum Gasteiger partial charge on any atom is 0.341 e. The Balaban J connectivity index is 2.38. The second-order valence-electron chi connectivity index (χ2n) is 4.30. The predicted molar refractivity (Wildman–Crippen MR) is 78.7 cm³/mol. The molecule has 0 aromatic carbocycles. The highest BCUT2D eigenvalue weighted by Crippen LogP contribution is 2.19. The molecule has 0 aliphatic heterocycles. The monoisotopic (exact) mass is 289 g/mol. The Morgan fingerprint density at radius 3 is 2.81 bits per heavy atom. The molecular formula is C14H19N5O2. The lowest BCUT2D eigenvalue weighted by Crippen LogP contribution is -2.10. The lowest BCUT2D eigenvalue weighted by molar-refractivity contribution is 0.0526. The van der Waals surface area contributed by atoms with Crippen LogP contribution in [0.5, 0.6) is 0 Å². The molecule has 7 nitrogen and oxygen atoms in total. The van der Waals surface area contributed by atoms with Crippen LogP contribution in [0, 0.1) is 0 Å². The number of nitrogens with one attached hydrogen (secondary N) is 1. The van der Waals surface area contributed by atoms with Crippen LogP contribution < -0.4 is 5.32 Å². The maximum absolute atomic E-state index is 11.7. The summed E-state index contributed by atoms with van der Waals surface area (Å²) < 4.78 is 6.54. The third-order valence-electron chi connectivity index (χ3n) is 2.93. The molecule has 2 aromatic rings. The smallest absolute Gasteiger partial charge is 0.341 e. The van der Waals surface area contributed by atoms with Gasteiger partial charge < -0.3 is 10.1 Å². The molecule has 0 saturated carbocycles. The number of nitrogens with zero attached hydrogens (tertiary/aromatic N) is 4. The van der Waals surface area contributed by atoms with E-state index in [0.29, 0.717) is 18.0 Å². The molecule has 0 saturated heterocycles.